The molecule has 25 heavy (non-hydrogen) atoms. The summed E-state index contributed by atoms with van der Waals surface area (Å²) in [6.45, 7) is 0. The third-order valence-corrected chi connectivity index (χ3v) is 5.92. The number of aromatic nitrogens is 4. The number of carbonyl (C=O) groups excluding carboxylic acids is 1. The van der Waals surface area contributed by atoms with Crippen LogP contribution < -0.4 is 4.90 Å². The fourth-order valence-corrected chi connectivity index (χ4v) is 4.21. The van der Waals surface area contributed by atoms with E-state index in [1.807, 2.05) is 5.38 Å². The first-order chi connectivity index (χ1) is 12.2. The maximum Gasteiger partial charge on any atom is 0.238 e. The first-order valence-electron chi connectivity index (χ1n) is 8.04. The number of H-pyrrole nitrogens is 1. The molecule has 1 aromatic carbocycles. The van der Waals surface area contributed by atoms with E-state index in [2.05, 4.69) is 38.4 Å². The normalized spacial score (nSPS) is 13.0. The van der Waals surface area contributed by atoms with Crippen molar-refractivity contribution in [1.82, 2.24) is 20.2 Å². The predicted octanol–water partition coefficient (Wildman–Crippen LogP) is 3.17. The summed E-state index contributed by atoms with van der Waals surface area (Å²) in [5.74, 6) is 0.999. The topological polar surface area (TPSA) is 74.8 Å². The number of nitrogens with one attached hydrogen (secondary N) is 1. The molecule has 0 atom stereocenters. The summed E-state index contributed by atoms with van der Waals surface area (Å²) in [5, 5.41) is 10.3. The number of anilines is 1. The van der Waals surface area contributed by atoms with Crippen molar-refractivity contribution in [3.8, 4) is 11.4 Å². The average molecular weight is 371 g/mol. The fourth-order valence-electron chi connectivity index (χ4n) is 2.87. The lowest BCUT2D eigenvalue weighted by molar-refractivity contribution is -0.115. The van der Waals surface area contributed by atoms with Crippen LogP contribution >= 0.6 is 23.1 Å². The Hall–Kier alpha value is -2.19. The van der Waals surface area contributed by atoms with Crippen LogP contribution in [-0.2, 0) is 17.6 Å². The van der Waals surface area contributed by atoms with Gasteiger partial charge in [0.2, 0.25) is 11.1 Å². The van der Waals surface area contributed by atoms with E-state index >= 15 is 0 Å². The van der Waals surface area contributed by atoms with Crippen molar-refractivity contribution >= 4 is 34.1 Å². The molecule has 2 heterocycles. The van der Waals surface area contributed by atoms with Gasteiger partial charge in [0.05, 0.1) is 5.75 Å². The Kier molecular flexibility index (Phi) is 4.54. The highest BCUT2D eigenvalue weighted by molar-refractivity contribution is 7.99. The van der Waals surface area contributed by atoms with Crippen LogP contribution in [0.4, 0.5) is 5.13 Å². The van der Waals surface area contributed by atoms with Gasteiger partial charge in [0, 0.05) is 24.2 Å². The lowest BCUT2D eigenvalue weighted by Gasteiger charge is -2.12. The Bertz CT molecular complexity index is 890. The lowest BCUT2D eigenvalue weighted by Crippen LogP contribution is -2.27. The second-order valence-electron chi connectivity index (χ2n) is 5.86. The number of thiazole rings is 1. The molecule has 0 radical (unpaired) electrons. The van der Waals surface area contributed by atoms with Gasteiger partial charge in [-0.05, 0) is 36.5 Å². The molecule has 0 fully saturated rings. The Morgan fingerprint density at radius 3 is 3.08 bits per heavy atom. The maximum absolute atomic E-state index is 12.2. The zero-order chi connectivity index (χ0) is 17.2. The van der Waals surface area contributed by atoms with Gasteiger partial charge in [0.25, 0.3) is 0 Å². The van der Waals surface area contributed by atoms with Gasteiger partial charge >= 0.3 is 0 Å². The first kappa shape index (κ1) is 16.3. The number of aryl methyl sites for hydroxylation is 2. The number of rotatable bonds is 5. The number of hydrogen-bond acceptors (Lipinski definition) is 6. The van der Waals surface area contributed by atoms with Crippen LogP contribution in [0.15, 0.2) is 34.9 Å². The van der Waals surface area contributed by atoms with Gasteiger partial charge < -0.3 is 0 Å². The molecule has 8 heteroatoms. The van der Waals surface area contributed by atoms with Crippen LogP contribution in [0.25, 0.3) is 11.4 Å². The van der Waals surface area contributed by atoms with Gasteiger partial charge in [-0.3, -0.25) is 14.8 Å². The molecule has 1 N–H and O–H groups in total. The molecular formula is C17H17N5OS2. The molecule has 0 bridgehead atoms. The van der Waals surface area contributed by atoms with E-state index in [-0.39, 0.29) is 11.7 Å². The van der Waals surface area contributed by atoms with Crippen LogP contribution in [0, 0.1) is 0 Å². The number of thioether (sulfide) groups is 1. The van der Waals surface area contributed by atoms with Crippen LogP contribution in [0.5, 0.6) is 0 Å². The Labute approximate surface area is 153 Å². The molecule has 1 aliphatic carbocycles. The number of carbonyl (C=O) groups is 1. The monoisotopic (exact) mass is 371 g/mol. The summed E-state index contributed by atoms with van der Waals surface area (Å²) in [7, 11) is 1.73. The minimum absolute atomic E-state index is 0.0242. The fraction of sp³-hybridized carbons (Fsp3) is 0.294. The second-order valence-corrected chi connectivity index (χ2v) is 7.68. The first-order valence-corrected chi connectivity index (χ1v) is 9.90. The quantitative estimate of drug-likeness (QED) is 0.697. The third-order valence-electron chi connectivity index (χ3n) is 4.24. The van der Waals surface area contributed by atoms with Crippen molar-refractivity contribution in [2.75, 3.05) is 17.7 Å². The van der Waals surface area contributed by atoms with Crippen molar-refractivity contribution < 1.29 is 4.79 Å². The molecule has 1 amide bonds. The number of nitrogens with zero attached hydrogens (tertiary/aromatic N) is 4. The van der Waals surface area contributed by atoms with Gasteiger partial charge in [-0.2, -0.15) is 0 Å². The van der Waals surface area contributed by atoms with E-state index in [9.17, 15) is 4.79 Å². The highest BCUT2D eigenvalue weighted by Gasteiger charge is 2.16. The van der Waals surface area contributed by atoms with E-state index < -0.39 is 0 Å². The molecule has 0 spiro atoms. The van der Waals surface area contributed by atoms with Crippen molar-refractivity contribution in [2.24, 2.45) is 0 Å². The largest absolute Gasteiger partial charge is 0.291 e. The molecule has 0 unspecified atom stereocenters. The highest BCUT2D eigenvalue weighted by Crippen LogP contribution is 2.27. The van der Waals surface area contributed by atoms with Gasteiger partial charge in [-0.25, -0.2) is 9.97 Å². The van der Waals surface area contributed by atoms with Crippen LogP contribution in [0.2, 0.25) is 0 Å². The standard InChI is InChI=1S/C17H17N5OS2/c1-22(17-18-7-8-24-17)14(23)10-25-16-19-15(20-21-16)13-6-5-11-3-2-4-12(11)9-13/h5-9H,2-4,10H2,1H3,(H,19,20,21). The summed E-state index contributed by atoms with van der Waals surface area (Å²) < 4.78 is 0. The van der Waals surface area contributed by atoms with E-state index in [0.29, 0.717) is 10.3 Å². The van der Waals surface area contributed by atoms with Crippen LogP contribution in [0.1, 0.15) is 17.5 Å². The van der Waals surface area contributed by atoms with E-state index in [1.54, 1.807) is 18.1 Å². The molecule has 0 aliphatic heterocycles. The molecule has 0 saturated carbocycles. The summed E-state index contributed by atoms with van der Waals surface area (Å²) in [5.41, 5.74) is 3.89. The molecule has 0 saturated heterocycles. The summed E-state index contributed by atoms with van der Waals surface area (Å²) >= 11 is 2.77. The number of fused-ring (bicyclic) bond motifs is 1. The van der Waals surface area contributed by atoms with Gasteiger partial charge in [-0.1, -0.05) is 23.9 Å². The van der Waals surface area contributed by atoms with E-state index in [1.165, 1.54) is 47.1 Å². The van der Waals surface area contributed by atoms with E-state index in [0.717, 1.165) is 17.8 Å². The minimum atomic E-state index is -0.0242. The number of benzene rings is 1. The van der Waals surface area contributed by atoms with Crippen molar-refractivity contribution in [1.29, 1.82) is 0 Å². The van der Waals surface area contributed by atoms with Gasteiger partial charge in [-0.15, -0.1) is 16.4 Å². The Morgan fingerprint density at radius 2 is 2.24 bits per heavy atom. The molecule has 6 nitrogen and oxygen atoms in total. The van der Waals surface area contributed by atoms with E-state index in [4.69, 9.17) is 0 Å². The Balaban J connectivity index is 1.41. The lowest BCUT2D eigenvalue weighted by atomic mass is 10.1. The predicted molar refractivity (Wildman–Crippen MR) is 100 cm³/mol. The third kappa shape index (κ3) is 3.45. The van der Waals surface area contributed by atoms with Crippen LogP contribution in [-0.4, -0.2) is 38.9 Å². The van der Waals surface area contributed by atoms with Gasteiger partial charge in [0.1, 0.15) is 0 Å². The smallest absolute Gasteiger partial charge is 0.238 e. The van der Waals surface area contributed by atoms with Crippen molar-refractivity contribution in [3.05, 3.63) is 40.9 Å². The molecule has 128 valence electrons. The molecule has 4 rings (SSSR count). The highest BCUT2D eigenvalue weighted by atomic mass is 32.2. The average Bonchev–Trinajstić information content (AvgIpc) is 3.39. The zero-order valence-corrected chi connectivity index (χ0v) is 15.4. The number of hydrogen-bond donors (Lipinski definition) is 1. The maximum atomic E-state index is 12.2. The molecule has 2 aromatic heterocycles. The summed E-state index contributed by atoms with van der Waals surface area (Å²) in [4.78, 5) is 22.4. The second kappa shape index (κ2) is 6.97. The molecule has 3 aromatic rings. The SMILES string of the molecule is CN(C(=O)CSc1n[nH]c(-c2ccc3c(c2)CCC3)n1)c1nccs1. The zero-order valence-electron chi connectivity index (χ0n) is 13.7. The van der Waals surface area contributed by atoms with Crippen molar-refractivity contribution in [3.63, 3.8) is 0 Å². The summed E-state index contributed by atoms with van der Waals surface area (Å²) in [6.07, 6.45) is 5.22. The van der Waals surface area contributed by atoms with Crippen LogP contribution in [0.3, 0.4) is 0 Å². The minimum Gasteiger partial charge on any atom is -0.291 e. The summed E-state index contributed by atoms with van der Waals surface area (Å²) in [6, 6.07) is 6.46. The molecular weight excluding hydrogens is 354 g/mol. The van der Waals surface area contributed by atoms with Crippen molar-refractivity contribution in [2.45, 2.75) is 24.4 Å². The van der Waals surface area contributed by atoms with Gasteiger partial charge in [0.15, 0.2) is 11.0 Å². The number of amides is 1. The molecule has 1 aliphatic rings. The Morgan fingerprint density at radius 1 is 1.36 bits per heavy atom. The number of aromatic amines is 1.